The highest BCUT2D eigenvalue weighted by molar-refractivity contribution is 7.89. The van der Waals surface area contributed by atoms with E-state index in [1.165, 1.54) is 10.6 Å². The Labute approximate surface area is 182 Å². The van der Waals surface area contributed by atoms with Gasteiger partial charge in [0, 0.05) is 26.2 Å². The molecule has 168 valence electrons. The minimum absolute atomic E-state index is 0.0511. The van der Waals surface area contributed by atoms with Gasteiger partial charge < -0.3 is 13.8 Å². The molecule has 2 saturated heterocycles. The number of furan rings is 1. The maximum absolute atomic E-state index is 13.5. The minimum atomic E-state index is -3.85. The molecule has 2 aromatic rings. The Morgan fingerprint density at radius 3 is 2.68 bits per heavy atom. The largest absolute Gasteiger partial charge is 0.465 e. The van der Waals surface area contributed by atoms with Crippen LogP contribution in [0.25, 0.3) is 12.2 Å². The van der Waals surface area contributed by atoms with Crippen molar-refractivity contribution < 1.29 is 22.2 Å². The molecule has 0 N–H and O–H groups in total. The summed E-state index contributed by atoms with van der Waals surface area (Å²) in [5, 5.41) is 3.87. The fraction of sp³-hybridized carbons (Fsp3) is 0.545. The van der Waals surface area contributed by atoms with Gasteiger partial charge in [0.15, 0.2) is 10.7 Å². The van der Waals surface area contributed by atoms with Gasteiger partial charge in [-0.25, -0.2) is 8.42 Å². The summed E-state index contributed by atoms with van der Waals surface area (Å²) < 4.78 is 38.9. The average Bonchev–Trinajstić information content (AvgIpc) is 3.42. The first-order valence-electron chi connectivity index (χ1n) is 10.8. The van der Waals surface area contributed by atoms with Gasteiger partial charge in [0.05, 0.1) is 12.2 Å². The number of hydrogen-bond donors (Lipinski definition) is 0. The third-order valence-corrected chi connectivity index (χ3v) is 8.23. The van der Waals surface area contributed by atoms with E-state index in [1.807, 2.05) is 4.90 Å². The molecule has 8 nitrogen and oxygen atoms in total. The second kappa shape index (κ2) is 9.00. The maximum Gasteiger partial charge on any atom is 0.248 e. The van der Waals surface area contributed by atoms with Crippen LogP contribution in [0.3, 0.4) is 0 Å². The SMILES string of the molecule is Cc1noc(C=Cc2ccco2)c1S(=O)(=O)N1CCCC(C(=O)N2CCC(C)CC2)C1. The van der Waals surface area contributed by atoms with Crippen molar-refractivity contribution >= 4 is 28.1 Å². The van der Waals surface area contributed by atoms with Crippen molar-refractivity contribution in [2.24, 2.45) is 11.8 Å². The minimum Gasteiger partial charge on any atom is -0.465 e. The number of sulfonamides is 1. The number of piperidine rings is 2. The van der Waals surface area contributed by atoms with Crippen molar-refractivity contribution in [2.75, 3.05) is 26.2 Å². The summed E-state index contributed by atoms with van der Waals surface area (Å²) >= 11 is 0. The second-order valence-electron chi connectivity index (χ2n) is 8.52. The summed E-state index contributed by atoms with van der Waals surface area (Å²) in [6.45, 7) is 5.91. The maximum atomic E-state index is 13.5. The fourth-order valence-electron chi connectivity index (χ4n) is 4.32. The van der Waals surface area contributed by atoms with Crippen LogP contribution in [0, 0.1) is 18.8 Å². The summed E-state index contributed by atoms with van der Waals surface area (Å²) in [5.41, 5.74) is 0.303. The lowest BCUT2D eigenvalue weighted by Gasteiger charge is -2.36. The molecule has 4 heterocycles. The lowest BCUT2D eigenvalue weighted by atomic mass is 9.94. The Kier molecular flexibility index (Phi) is 6.34. The van der Waals surface area contributed by atoms with E-state index in [4.69, 9.17) is 8.94 Å². The van der Waals surface area contributed by atoms with Crippen LogP contribution in [0.1, 0.15) is 49.8 Å². The fourth-order valence-corrected chi connectivity index (χ4v) is 6.10. The number of likely N-dealkylation sites (tertiary alicyclic amines) is 1. The second-order valence-corrected chi connectivity index (χ2v) is 10.4. The van der Waals surface area contributed by atoms with Crippen molar-refractivity contribution in [3.8, 4) is 0 Å². The molecule has 1 atom stereocenters. The van der Waals surface area contributed by atoms with Crippen LogP contribution in [0.5, 0.6) is 0 Å². The normalized spacial score (nSPS) is 21.7. The summed E-state index contributed by atoms with van der Waals surface area (Å²) in [5.74, 6) is 1.15. The summed E-state index contributed by atoms with van der Waals surface area (Å²) in [7, 11) is -3.85. The van der Waals surface area contributed by atoms with E-state index < -0.39 is 10.0 Å². The number of hydrogen-bond acceptors (Lipinski definition) is 6. The third-order valence-electron chi connectivity index (χ3n) is 6.20. The molecule has 1 unspecified atom stereocenters. The lowest BCUT2D eigenvalue weighted by Crippen LogP contribution is -2.48. The third kappa shape index (κ3) is 4.62. The topological polar surface area (TPSA) is 96.9 Å². The zero-order valence-electron chi connectivity index (χ0n) is 18.0. The van der Waals surface area contributed by atoms with Gasteiger partial charge in [0.2, 0.25) is 15.9 Å². The molecule has 2 aromatic heterocycles. The van der Waals surface area contributed by atoms with E-state index in [-0.39, 0.29) is 29.0 Å². The highest BCUT2D eigenvalue weighted by Crippen LogP contribution is 2.30. The Bertz CT molecular complexity index is 1030. The Morgan fingerprint density at radius 2 is 1.97 bits per heavy atom. The van der Waals surface area contributed by atoms with Gasteiger partial charge in [-0.15, -0.1) is 0 Å². The number of carbonyl (C=O) groups is 1. The van der Waals surface area contributed by atoms with Gasteiger partial charge in [-0.3, -0.25) is 4.79 Å². The summed E-state index contributed by atoms with van der Waals surface area (Å²) in [4.78, 5) is 15.0. The van der Waals surface area contributed by atoms with Crippen LogP contribution < -0.4 is 0 Å². The number of carbonyl (C=O) groups excluding carboxylic acids is 1. The van der Waals surface area contributed by atoms with Gasteiger partial charge in [-0.2, -0.15) is 4.31 Å². The molecule has 0 radical (unpaired) electrons. The molecule has 0 bridgehead atoms. The molecule has 0 aromatic carbocycles. The van der Waals surface area contributed by atoms with Crippen LogP contribution in [0.4, 0.5) is 0 Å². The molecular formula is C22H29N3O5S. The van der Waals surface area contributed by atoms with Crippen LogP contribution >= 0.6 is 0 Å². The smallest absolute Gasteiger partial charge is 0.248 e. The average molecular weight is 448 g/mol. The van der Waals surface area contributed by atoms with Crippen LogP contribution in [0.15, 0.2) is 32.2 Å². The van der Waals surface area contributed by atoms with Crippen molar-refractivity contribution in [1.29, 1.82) is 0 Å². The quantitative estimate of drug-likeness (QED) is 0.697. The molecule has 9 heteroatoms. The van der Waals surface area contributed by atoms with Crippen LogP contribution in [-0.4, -0.2) is 54.9 Å². The van der Waals surface area contributed by atoms with Gasteiger partial charge in [0.25, 0.3) is 0 Å². The first kappa shape index (κ1) is 21.8. The van der Waals surface area contributed by atoms with E-state index in [0.29, 0.717) is 36.8 Å². The number of nitrogens with zero attached hydrogens (tertiary/aromatic N) is 3. The van der Waals surface area contributed by atoms with Crippen molar-refractivity contribution in [3.05, 3.63) is 35.6 Å². The molecule has 31 heavy (non-hydrogen) atoms. The summed E-state index contributed by atoms with van der Waals surface area (Å²) in [6, 6.07) is 3.51. The van der Waals surface area contributed by atoms with E-state index >= 15 is 0 Å². The molecular weight excluding hydrogens is 418 g/mol. The first-order valence-corrected chi connectivity index (χ1v) is 12.3. The molecule has 1 amide bonds. The van der Waals surface area contributed by atoms with Crippen LogP contribution in [-0.2, 0) is 14.8 Å². The Hall–Kier alpha value is -2.39. The number of amides is 1. The van der Waals surface area contributed by atoms with E-state index in [0.717, 1.165) is 25.9 Å². The van der Waals surface area contributed by atoms with Crippen molar-refractivity contribution in [3.63, 3.8) is 0 Å². The molecule has 0 saturated carbocycles. The molecule has 2 fully saturated rings. The lowest BCUT2D eigenvalue weighted by molar-refractivity contribution is -0.138. The van der Waals surface area contributed by atoms with Gasteiger partial charge in [-0.1, -0.05) is 12.1 Å². The van der Waals surface area contributed by atoms with E-state index in [1.54, 1.807) is 31.2 Å². The highest BCUT2D eigenvalue weighted by atomic mass is 32.2. The van der Waals surface area contributed by atoms with Gasteiger partial charge in [-0.05, 0) is 62.8 Å². The van der Waals surface area contributed by atoms with E-state index in [9.17, 15) is 13.2 Å². The monoisotopic (exact) mass is 447 g/mol. The Morgan fingerprint density at radius 1 is 1.19 bits per heavy atom. The zero-order chi connectivity index (χ0) is 22.0. The molecule has 2 aliphatic rings. The molecule has 4 rings (SSSR count). The molecule has 0 aliphatic carbocycles. The molecule has 0 spiro atoms. The molecule has 2 aliphatic heterocycles. The highest BCUT2D eigenvalue weighted by Gasteiger charge is 2.38. The number of rotatable bonds is 5. The van der Waals surface area contributed by atoms with E-state index in [2.05, 4.69) is 12.1 Å². The van der Waals surface area contributed by atoms with Gasteiger partial charge >= 0.3 is 0 Å². The predicted molar refractivity (Wildman–Crippen MR) is 115 cm³/mol. The summed E-state index contributed by atoms with van der Waals surface area (Å²) in [6.07, 6.45) is 8.10. The standard InChI is InChI=1S/C22H29N3O5S/c1-16-9-12-24(13-10-16)22(26)18-5-3-11-25(15-18)31(27,28)21-17(2)23-30-20(21)8-7-19-6-4-14-29-19/h4,6-8,14,16,18H,3,5,9-13,15H2,1-2H3. The predicted octanol–water partition coefficient (Wildman–Crippen LogP) is 3.41. The number of aromatic nitrogens is 1. The van der Waals surface area contributed by atoms with Gasteiger partial charge in [0.1, 0.15) is 11.5 Å². The zero-order valence-corrected chi connectivity index (χ0v) is 18.8. The number of aryl methyl sites for hydroxylation is 1. The van der Waals surface area contributed by atoms with Crippen molar-refractivity contribution in [2.45, 2.75) is 44.4 Å². The first-order chi connectivity index (χ1) is 14.9. The van der Waals surface area contributed by atoms with Crippen LogP contribution in [0.2, 0.25) is 0 Å². The van der Waals surface area contributed by atoms with Crippen molar-refractivity contribution in [1.82, 2.24) is 14.4 Å². The Balaban J connectivity index is 1.52.